The van der Waals surface area contributed by atoms with Gasteiger partial charge in [-0.1, -0.05) is 18.2 Å². The molecule has 30 heavy (non-hydrogen) atoms. The Balaban J connectivity index is 1.34. The van der Waals surface area contributed by atoms with Gasteiger partial charge in [-0.25, -0.2) is 0 Å². The zero-order chi connectivity index (χ0) is 21.1. The number of nitrogens with zero attached hydrogens (tertiary/aromatic N) is 2. The number of ether oxygens (including phenoxy) is 1. The highest BCUT2D eigenvalue weighted by atomic mass is 16.5. The number of carbonyl (C=O) groups excluding carboxylic acids is 2. The number of aromatic amines is 1. The molecule has 0 unspecified atom stereocenters. The highest BCUT2D eigenvalue weighted by molar-refractivity contribution is 5.94. The van der Waals surface area contributed by atoms with Crippen LogP contribution in [0.3, 0.4) is 0 Å². The topological polar surface area (TPSA) is 65.6 Å². The van der Waals surface area contributed by atoms with Crippen LogP contribution < -0.4 is 4.74 Å². The number of rotatable bonds is 5. The van der Waals surface area contributed by atoms with Crippen LogP contribution in [0, 0.1) is 0 Å². The Morgan fingerprint density at radius 3 is 2.40 bits per heavy atom. The highest BCUT2D eigenvalue weighted by Gasteiger charge is 2.23. The van der Waals surface area contributed by atoms with E-state index in [1.807, 2.05) is 35.4 Å². The maximum atomic E-state index is 12.7. The fourth-order valence-electron chi connectivity index (χ4n) is 3.89. The quantitative estimate of drug-likeness (QED) is 0.521. The lowest BCUT2D eigenvalue weighted by molar-refractivity contribution is -0.133. The van der Waals surface area contributed by atoms with Crippen LogP contribution in [0.4, 0.5) is 0 Å². The lowest BCUT2D eigenvalue weighted by atomic mass is 10.1. The molecular formula is C24H27N3O3. The van der Waals surface area contributed by atoms with Crippen molar-refractivity contribution in [2.24, 2.45) is 0 Å². The van der Waals surface area contributed by atoms with E-state index in [4.69, 9.17) is 4.74 Å². The van der Waals surface area contributed by atoms with Crippen molar-refractivity contribution < 1.29 is 14.3 Å². The van der Waals surface area contributed by atoms with Crippen molar-refractivity contribution >= 4 is 22.8 Å². The average Bonchev–Trinajstić information content (AvgIpc) is 3.16. The SMILES string of the molecule is CC(C)N1CCN(C(=O)c2ccc(OC(=O)Cc3c[nH]c4ccccc34)cc2)CC1. The highest BCUT2D eigenvalue weighted by Crippen LogP contribution is 2.20. The van der Waals surface area contributed by atoms with E-state index in [9.17, 15) is 9.59 Å². The second-order valence-corrected chi connectivity index (χ2v) is 7.96. The molecule has 1 fully saturated rings. The van der Waals surface area contributed by atoms with Gasteiger partial charge in [0.2, 0.25) is 0 Å². The molecule has 6 nitrogen and oxygen atoms in total. The summed E-state index contributed by atoms with van der Waals surface area (Å²) in [4.78, 5) is 32.5. The molecule has 0 saturated carbocycles. The molecule has 1 amide bonds. The maximum Gasteiger partial charge on any atom is 0.315 e. The lowest BCUT2D eigenvalue weighted by Gasteiger charge is -2.37. The number of carbonyl (C=O) groups is 2. The van der Waals surface area contributed by atoms with Crippen LogP contribution in [0.1, 0.15) is 29.8 Å². The Labute approximate surface area is 176 Å². The summed E-state index contributed by atoms with van der Waals surface area (Å²) in [5, 5.41) is 1.02. The fourth-order valence-corrected chi connectivity index (χ4v) is 3.89. The first-order valence-electron chi connectivity index (χ1n) is 10.4. The van der Waals surface area contributed by atoms with E-state index in [2.05, 4.69) is 23.7 Å². The van der Waals surface area contributed by atoms with Gasteiger partial charge in [-0.05, 0) is 49.7 Å². The summed E-state index contributed by atoms with van der Waals surface area (Å²) < 4.78 is 5.47. The fraction of sp³-hybridized carbons (Fsp3) is 0.333. The second kappa shape index (κ2) is 8.71. The number of amides is 1. The average molecular weight is 405 g/mol. The lowest BCUT2D eigenvalue weighted by Crippen LogP contribution is -2.50. The molecule has 0 bridgehead atoms. The molecule has 1 saturated heterocycles. The van der Waals surface area contributed by atoms with Crippen molar-refractivity contribution in [1.29, 1.82) is 0 Å². The molecule has 0 atom stereocenters. The van der Waals surface area contributed by atoms with E-state index < -0.39 is 0 Å². The third-order valence-electron chi connectivity index (χ3n) is 5.67. The number of para-hydroxylation sites is 1. The van der Waals surface area contributed by atoms with Crippen LogP contribution >= 0.6 is 0 Å². The third-order valence-corrected chi connectivity index (χ3v) is 5.67. The molecule has 1 aliphatic heterocycles. The zero-order valence-corrected chi connectivity index (χ0v) is 17.4. The number of aromatic nitrogens is 1. The number of hydrogen-bond donors (Lipinski definition) is 1. The Hall–Kier alpha value is -3.12. The molecule has 156 valence electrons. The van der Waals surface area contributed by atoms with Crippen molar-refractivity contribution in [3.8, 4) is 5.75 Å². The molecule has 0 radical (unpaired) electrons. The maximum absolute atomic E-state index is 12.7. The summed E-state index contributed by atoms with van der Waals surface area (Å²) in [6, 6.07) is 15.2. The van der Waals surface area contributed by atoms with Crippen molar-refractivity contribution in [3.63, 3.8) is 0 Å². The van der Waals surface area contributed by atoms with Gasteiger partial charge < -0.3 is 14.6 Å². The largest absolute Gasteiger partial charge is 0.426 e. The van der Waals surface area contributed by atoms with Crippen LogP contribution in [-0.4, -0.2) is 58.9 Å². The molecule has 2 aromatic carbocycles. The number of H-pyrrole nitrogens is 1. The predicted octanol–water partition coefficient (Wildman–Crippen LogP) is 3.48. The van der Waals surface area contributed by atoms with E-state index in [0.29, 0.717) is 17.4 Å². The number of esters is 1. The summed E-state index contributed by atoms with van der Waals surface area (Å²) in [5.74, 6) is 0.139. The number of piperazine rings is 1. The summed E-state index contributed by atoms with van der Waals surface area (Å²) >= 11 is 0. The van der Waals surface area contributed by atoms with E-state index in [1.165, 1.54) is 0 Å². The summed E-state index contributed by atoms with van der Waals surface area (Å²) in [5.41, 5.74) is 2.52. The molecule has 1 aliphatic rings. The number of fused-ring (bicyclic) bond motifs is 1. The van der Waals surface area contributed by atoms with Gasteiger partial charge in [0.1, 0.15) is 5.75 Å². The molecule has 4 rings (SSSR count). The molecule has 6 heteroatoms. The van der Waals surface area contributed by atoms with E-state index >= 15 is 0 Å². The van der Waals surface area contributed by atoms with Gasteiger partial charge in [0.25, 0.3) is 5.91 Å². The molecule has 0 aliphatic carbocycles. The molecule has 1 N–H and O–H groups in total. The van der Waals surface area contributed by atoms with Crippen LogP contribution in [0.5, 0.6) is 5.75 Å². The normalized spacial score (nSPS) is 15.0. The van der Waals surface area contributed by atoms with Gasteiger partial charge in [-0.15, -0.1) is 0 Å². The minimum absolute atomic E-state index is 0.0232. The van der Waals surface area contributed by atoms with Gasteiger partial charge in [-0.3, -0.25) is 14.5 Å². The Kier molecular flexibility index (Phi) is 5.86. The van der Waals surface area contributed by atoms with Crippen molar-refractivity contribution in [2.75, 3.05) is 26.2 Å². The molecule has 2 heterocycles. The first-order valence-corrected chi connectivity index (χ1v) is 10.4. The predicted molar refractivity (Wildman–Crippen MR) is 117 cm³/mol. The second-order valence-electron chi connectivity index (χ2n) is 7.96. The van der Waals surface area contributed by atoms with E-state index in [1.54, 1.807) is 24.3 Å². The Morgan fingerprint density at radius 2 is 1.70 bits per heavy atom. The van der Waals surface area contributed by atoms with Gasteiger partial charge in [0, 0.05) is 54.9 Å². The first kappa shape index (κ1) is 20.2. The van der Waals surface area contributed by atoms with Crippen molar-refractivity contribution in [2.45, 2.75) is 26.3 Å². The monoisotopic (exact) mass is 405 g/mol. The smallest absolute Gasteiger partial charge is 0.315 e. The Bertz CT molecular complexity index is 1030. The van der Waals surface area contributed by atoms with Crippen LogP contribution in [0.25, 0.3) is 10.9 Å². The van der Waals surface area contributed by atoms with Crippen molar-refractivity contribution in [1.82, 2.24) is 14.8 Å². The first-order chi connectivity index (χ1) is 14.5. The third kappa shape index (κ3) is 4.39. The summed E-state index contributed by atoms with van der Waals surface area (Å²) in [6.07, 6.45) is 2.03. The number of hydrogen-bond acceptors (Lipinski definition) is 4. The van der Waals surface area contributed by atoms with E-state index in [0.717, 1.165) is 42.6 Å². The van der Waals surface area contributed by atoms with Gasteiger partial charge in [0.15, 0.2) is 0 Å². The summed E-state index contributed by atoms with van der Waals surface area (Å²) in [6.45, 7) is 7.61. The van der Waals surface area contributed by atoms with Crippen LogP contribution in [0.15, 0.2) is 54.7 Å². The molecular weight excluding hydrogens is 378 g/mol. The minimum Gasteiger partial charge on any atom is -0.426 e. The number of benzene rings is 2. The van der Waals surface area contributed by atoms with Crippen LogP contribution in [-0.2, 0) is 11.2 Å². The van der Waals surface area contributed by atoms with Gasteiger partial charge >= 0.3 is 5.97 Å². The minimum atomic E-state index is -0.330. The van der Waals surface area contributed by atoms with Gasteiger partial charge in [-0.2, -0.15) is 0 Å². The standard InChI is InChI=1S/C24H27N3O3/c1-17(2)26-11-13-27(14-12-26)24(29)18-7-9-20(10-8-18)30-23(28)15-19-16-25-22-6-4-3-5-21(19)22/h3-10,16-17,25H,11-15H2,1-2H3. The van der Waals surface area contributed by atoms with Crippen LogP contribution in [0.2, 0.25) is 0 Å². The molecule has 0 spiro atoms. The molecule has 1 aromatic heterocycles. The Morgan fingerprint density at radius 1 is 1.00 bits per heavy atom. The van der Waals surface area contributed by atoms with Gasteiger partial charge in [0.05, 0.1) is 6.42 Å². The van der Waals surface area contributed by atoms with Crippen molar-refractivity contribution in [3.05, 3.63) is 65.9 Å². The number of nitrogens with one attached hydrogen (secondary N) is 1. The van der Waals surface area contributed by atoms with E-state index in [-0.39, 0.29) is 18.3 Å². The molecule has 3 aromatic rings. The zero-order valence-electron chi connectivity index (χ0n) is 17.4. The summed E-state index contributed by atoms with van der Waals surface area (Å²) in [7, 11) is 0.